The van der Waals surface area contributed by atoms with E-state index in [1.54, 1.807) is 24.3 Å². The zero-order valence-corrected chi connectivity index (χ0v) is 24.2. The van der Waals surface area contributed by atoms with E-state index in [9.17, 15) is 13.6 Å². The van der Waals surface area contributed by atoms with E-state index in [1.165, 1.54) is 6.07 Å². The van der Waals surface area contributed by atoms with Crippen LogP contribution in [0.25, 0.3) is 0 Å². The number of hydrogen-bond acceptors (Lipinski definition) is 5. The van der Waals surface area contributed by atoms with Gasteiger partial charge in [-0.25, -0.2) is 13.8 Å². The van der Waals surface area contributed by atoms with Gasteiger partial charge in [-0.2, -0.15) is 0 Å². The van der Waals surface area contributed by atoms with Gasteiger partial charge in [0.05, 0.1) is 6.61 Å². The summed E-state index contributed by atoms with van der Waals surface area (Å²) in [4.78, 5) is 19.2. The first-order valence-electron chi connectivity index (χ1n) is 13.5. The highest BCUT2D eigenvalue weighted by atomic mass is 79.9. The van der Waals surface area contributed by atoms with Crippen molar-refractivity contribution in [2.75, 3.05) is 13.2 Å². The van der Waals surface area contributed by atoms with Crippen molar-refractivity contribution in [3.8, 4) is 5.75 Å². The highest BCUT2D eigenvalue weighted by Crippen LogP contribution is 2.44. The lowest BCUT2D eigenvalue weighted by molar-refractivity contribution is -0.129. The molecule has 0 saturated carbocycles. The maximum Gasteiger partial charge on any atom is 0.252 e. The second-order valence-corrected chi connectivity index (χ2v) is 10.7. The van der Waals surface area contributed by atoms with Crippen molar-refractivity contribution < 1.29 is 28.2 Å². The van der Waals surface area contributed by atoms with Crippen LogP contribution in [0.2, 0.25) is 0 Å². The Kier molecular flexibility index (Phi) is 9.29. The molecule has 2 atom stereocenters. The number of carbonyl (C=O) groups excluding carboxylic acids is 1. The third kappa shape index (κ3) is 6.37. The number of nitrogens with one attached hydrogen (secondary N) is 1. The van der Waals surface area contributed by atoms with E-state index < -0.39 is 29.2 Å². The summed E-state index contributed by atoms with van der Waals surface area (Å²) in [6.07, 6.45) is -0.189. The Labute approximate surface area is 251 Å². The predicted molar refractivity (Wildman–Crippen MR) is 159 cm³/mol. The van der Waals surface area contributed by atoms with Crippen LogP contribution in [0, 0.1) is 11.6 Å². The monoisotopic (exact) mass is 634 g/mol. The largest absolute Gasteiger partial charge is 0.494 e. The summed E-state index contributed by atoms with van der Waals surface area (Å²) >= 11 is 3.61. The Morgan fingerprint density at radius 1 is 0.952 bits per heavy atom. The van der Waals surface area contributed by atoms with Crippen LogP contribution in [0.3, 0.4) is 0 Å². The summed E-state index contributed by atoms with van der Waals surface area (Å²) in [5.74, 6) is -1.16. The van der Waals surface area contributed by atoms with Gasteiger partial charge in [0.1, 0.15) is 17.4 Å². The number of aliphatic imine (C=N–C) groups is 1. The molecule has 4 aromatic rings. The molecule has 1 amide bonds. The van der Waals surface area contributed by atoms with Crippen molar-refractivity contribution in [2.45, 2.75) is 31.0 Å². The van der Waals surface area contributed by atoms with Crippen molar-refractivity contribution in [3.05, 3.63) is 135 Å². The number of aliphatic hydroxyl groups excluding tert-OH is 1. The van der Waals surface area contributed by atoms with E-state index in [4.69, 9.17) is 19.6 Å². The van der Waals surface area contributed by atoms with Crippen LogP contribution >= 0.6 is 15.9 Å². The van der Waals surface area contributed by atoms with Gasteiger partial charge in [0.15, 0.2) is 11.6 Å². The molecule has 6 nitrogen and oxygen atoms in total. The van der Waals surface area contributed by atoms with Gasteiger partial charge in [0, 0.05) is 47.2 Å². The first kappa shape index (κ1) is 29.4. The maximum atomic E-state index is 14.5. The van der Waals surface area contributed by atoms with E-state index in [0.717, 1.165) is 22.2 Å². The van der Waals surface area contributed by atoms with E-state index in [0.29, 0.717) is 29.9 Å². The smallest absolute Gasteiger partial charge is 0.252 e. The standard InChI is InChI=1S/C33H29BrF2N2O4/c34-27-11-5-4-10-25(27)30-33(20-22-8-2-1-3-9-22,32(40)37-21-26-28(35)12-6-13-29(26)36)38-31(42-30)23-14-16-24(17-15-23)41-19-7-18-39/h1-6,8-17,30,39H,7,18-21H2,(H,37,40)/t30-,33-/m1/s1. The van der Waals surface area contributed by atoms with Gasteiger partial charge in [0.2, 0.25) is 5.90 Å². The lowest BCUT2D eigenvalue weighted by atomic mass is 9.82. The van der Waals surface area contributed by atoms with Crippen LogP contribution in [0.4, 0.5) is 8.78 Å². The third-order valence-electron chi connectivity index (χ3n) is 7.02. The van der Waals surface area contributed by atoms with Crippen LogP contribution < -0.4 is 10.1 Å². The maximum absolute atomic E-state index is 14.5. The second-order valence-electron chi connectivity index (χ2n) is 9.86. The lowest BCUT2D eigenvalue weighted by Gasteiger charge is -2.31. The average molecular weight is 636 g/mol. The van der Waals surface area contributed by atoms with Crippen LogP contribution in [0.1, 0.15) is 34.8 Å². The number of amides is 1. The molecular formula is C33H29BrF2N2O4. The fourth-order valence-electron chi connectivity index (χ4n) is 4.88. The van der Waals surface area contributed by atoms with Gasteiger partial charge in [-0.1, -0.05) is 70.5 Å². The Bertz CT molecular complexity index is 1550. The number of hydrogen-bond donors (Lipinski definition) is 2. The van der Waals surface area contributed by atoms with Crippen molar-refractivity contribution in [3.63, 3.8) is 0 Å². The Hall–Kier alpha value is -4.08. The molecule has 0 radical (unpaired) electrons. The third-order valence-corrected chi connectivity index (χ3v) is 7.74. The van der Waals surface area contributed by atoms with Crippen molar-refractivity contribution in [2.24, 2.45) is 4.99 Å². The Morgan fingerprint density at radius 3 is 2.33 bits per heavy atom. The molecule has 2 N–H and O–H groups in total. The minimum absolute atomic E-state index is 0.0360. The fourth-order valence-corrected chi connectivity index (χ4v) is 5.37. The molecule has 0 saturated heterocycles. The Balaban J connectivity index is 1.56. The second kappa shape index (κ2) is 13.3. The highest BCUT2D eigenvalue weighted by molar-refractivity contribution is 9.10. The average Bonchev–Trinajstić information content (AvgIpc) is 3.38. The lowest BCUT2D eigenvalue weighted by Crippen LogP contribution is -2.50. The van der Waals surface area contributed by atoms with E-state index in [2.05, 4.69) is 21.2 Å². The van der Waals surface area contributed by atoms with Gasteiger partial charge in [-0.15, -0.1) is 0 Å². The topological polar surface area (TPSA) is 80.2 Å². The molecule has 0 spiro atoms. The summed E-state index contributed by atoms with van der Waals surface area (Å²) in [6, 6.07) is 27.5. The molecule has 1 aliphatic rings. The molecular weight excluding hydrogens is 606 g/mol. The van der Waals surface area contributed by atoms with E-state index >= 15 is 0 Å². The van der Waals surface area contributed by atoms with Crippen molar-refractivity contribution >= 4 is 27.7 Å². The molecule has 5 rings (SSSR count). The number of halogens is 3. The first-order valence-corrected chi connectivity index (χ1v) is 14.3. The van der Waals surface area contributed by atoms with Crippen LogP contribution in [-0.2, 0) is 22.5 Å². The van der Waals surface area contributed by atoms with Gasteiger partial charge in [0.25, 0.3) is 5.91 Å². The number of ether oxygens (including phenoxy) is 2. The molecule has 0 aromatic heterocycles. The molecule has 9 heteroatoms. The number of nitrogens with zero attached hydrogens (tertiary/aromatic N) is 1. The predicted octanol–water partition coefficient (Wildman–Crippen LogP) is 6.30. The molecule has 0 unspecified atom stereocenters. The first-order chi connectivity index (χ1) is 20.4. The summed E-state index contributed by atoms with van der Waals surface area (Å²) < 4.78 is 41.8. The molecule has 0 fully saturated rings. The van der Waals surface area contributed by atoms with Gasteiger partial charge in [-0.05, 0) is 48.0 Å². The van der Waals surface area contributed by atoms with Gasteiger partial charge in [-0.3, -0.25) is 4.79 Å². The van der Waals surface area contributed by atoms with Crippen molar-refractivity contribution in [1.82, 2.24) is 5.32 Å². The number of benzene rings is 4. The number of carbonyl (C=O) groups is 1. The van der Waals surface area contributed by atoms with E-state index in [1.807, 2.05) is 54.6 Å². The van der Waals surface area contributed by atoms with Crippen LogP contribution in [-0.4, -0.2) is 35.7 Å². The quantitative estimate of drug-likeness (QED) is 0.190. The molecule has 1 heterocycles. The summed E-state index contributed by atoms with van der Waals surface area (Å²) in [5.41, 5.74) is 0.410. The minimum Gasteiger partial charge on any atom is -0.494 e. The fraction of sp³-hybridized carbons (Fsp3) is 0.212. The summed E-state index contributed by atoms with van der Waals surface area (Å²) in [6.45, 7) is 0.0515. The Morgan fingerprint density at radius 2 is 1.64 bits per heavy atom. The molecule has 1 aliphatic heterocycles. The molecule has 42 heavy (non-hydrogen) atoms. The number of aliphatic hydroxyl groups is 1. The van der Waals surface area contributed by atoms with Crippen LogP contribution in [0.5, 0.6) is 5.75 Å². The normalized spacial score (nSPS) is 17.8. The van der Waals surface area contributed by atoms with Gasteiger partial charge >= 0.3 is 0 Å². The molecule has 4 aromatic carbocycles. The molecule has 216 valence electrons. The molecule has 0 aliphatic carbocycles. The van der Waals surface area contributed by atoms with E-state index in [-0.39, 0.29) is 31.0 Å². The summed E-state index contributed by atoms with van der Waals surface area (Å²) in [5, 5.41) is 11.8. The molecule has 0 bridgehead atoms. The SMILES string of the molecule is O=C(NCc1c(F)cccc1F)[C@]1(Cc2ccccc2)N=C(c2ccc(OCCCO)cc2)O[C@@H]1c1ccccc1Br. The highest BCUT2D eigenvalue weighted by Gasteiger charge is 2.53. The van der Waals surface area contributed by atoms with Gasteiger partial charge < -0.3 is 19.9 Å². The number of rotatable bonds is 11. The zero-order chi connectivity index (χ0) is 29.5. The minimum atomic E-state index is -1.52. The summed E-state index contributed by atoms with van der Waals surface area (Å²) in [7, 11) is 0. The van der Waals surface area contributed by atoms with Crippen molar-refractivity contribution in [1.29, 1.82) is 0 Å². The zero-order valence-electron chi connectivity index (χ0n) is 22.6. The van der Waals surface area contributed by atoms with Crippen LogP contribution in [0.15, 0.2) is 107 Å².